The van der Waals surface area contributed by atoms with Crippen LogP contribution in [0.2, 0.25) is 0 Å². The molecule has 0 amide bonds. The number of hydrogen-bond acceptors (Lipinski definition) is 2. The van der Waals surface area contributed by atoms with Crippen LogP contribution in [-0.4, -0.2) is 12.1 Å². The Balaban J connectivity index is 2.78. The summed E-state index contributed by atoms with van der Waals surface area (Å²) in [7, 11) is 0. The molecular formula is C15H24O2. The largest absolute Gasteiger partial charge is 0.459 e. The molecule has 1 rings (SSSR count). The van der Waals surface area contributed by atoms with Crippen LogP contribution in [0.15, 0.2) is 23.3 Å². The average Bonchev–Trinajstić information content (AvgIpc) is 2.14. The zero-order chi connectivity index (χ0) is 13.1. The van der Waals surface area contributed by atoms with E-state index in [1.54, 1.807) is 0 Å². The van der Waals surface area contributed by atoms with Crippen LogP contribution in [0.3, 0.4) is 0 Å². The van der Waals surface area contributed by atoms with Crippen molar-refractivity contribution in [1.29, 1.82) is 0 Å². The first-order valence-corrected chi connectivity index (χ1v) is 6.38. The van der Waals surface area contributed by atoms with Crippen LogP contribution in [0.1, 0.15) is 53.9 Å². The first-order chi connectivity index (χ1) is 7.83. The molecule has 0 saturated heterocycles. The van der Waals surface area contributed by atoms with Gasteiger partial charge in [-0.2, -0.15) is 0 Å². The van der Waals surface area contributed by atoms with Crippen LogP contribution in [-0.2, 0) is 9.53 Å². The molecule has 2 nitrogen and oxygen atoms in total. The van der Waals surface area contributed by atoms with E-state index < -0.39 is 0 Å². The molecule has 96 valence electrons. The molecule has 0 aromatic rings. The first kappa shape index (κ1) is 14.0. The van der Waals surface area contributed by atoms with Crippen LogP contribution in [0, 0.1) is 5.41 Å². The average molecular weight is 236 g/mol. The second-order valence-electron chi connectivity index (χ2n) is 5.61. The van der Waals surface area contributed by atoms with Gasteiger partial charge in [-0.3, -0.25) is 4.79 Å². The van der Waals surface area contributed by atoms with Crippen molar-refractivity contribution in [3.63, 3.8) is 0 Å². The highest BCUT2D eigenvalue weighted by molar-refractivity contribution is 5.66. The Kier molecular flexibility index (Phi) is 4.55. The third kappa shape index (κ3) is 4.03. The van der Waals surface area contributed by atoms with E-state index in [0.29, 0.717) is 0 Å². The highest BCUT2D eigenvalue weighted by Gasteiger charge is 2.26. The van der Waals surface area contributed by atoms with Crippen molar-refractivity contribution in [2.45, 2.75) is 60.0 Å². The molecule has 1 unspecified atom stereocenters. The van der Waals surface area contributed by atoms with Gasteiger partial charge in [-0.25, -0.2) is 0 Å². The monoisotopic (exact) mass is 236 g/mol. The number of ether oxygens (including phenoxy) is 1. The quantitative estimate of drug-likeness (QED) is 0.692. The molecule has 2 heteroatoms. The molecular weight excluding hydrogens is 212 g/mol. The molecule has 1 atom stereocenters. The summed E-state index contributed by atoms with van der Waals surface area (Å²) in [5, 5.41) is 0. The molecule has 0 saturated carbocycles. The number of esters is 1. The van der Waals surface area contributed by atoms with E-state index in [4.69, 9.17) is 4.74 Å². The van der Waals surface area contributed by atoms with E-state index in [-0.39, 0.29) is 17.5 Å². The number of allylic oxidation sites excluding steroid dienone is 3. The third-order valence-corrected chi connectivity index (χ3v) is 3.43. The molecule has 0 aromatic carbocycles. The lowest BCUT2D eigenvalue weighted by atomic mass is 9.72. The summed E-state index contributed by atoms with van der Waals surface area (Å²) in [6.07, 6.45) is 7.66. The summed E-state index contributed by atoms with van der Waals surface area (Å²) in [6.45, 7) is 10.1. The lowest BCUT2D eigenvalue weighted by Gasteiger charge is -2.33. The second-order valence-corrected chi connectivity index (χ2v) is 5.61. The number of carbonyl (C=O) groups excluding carboxylic acids is 1. The number of carbonyl (C=O) groups is 1. The van der Waals surface area contributed by atoms with Gasteiger partial charge in [-0.05, 0) is 50.2 Å². The minimum atomic E-state index is -0.226. The Bertz CT molecular complexity index is 348. The van der Waals surface area contributed by atoms with Crippen molar-refractivity contribution in [2.24, 2.45) is 5.41 Å². The Hall–Kier alpha value is -1.05. The predicted octanol–water partition coefficient (Wildman–Crippen LogP) is 4.02. The van der Waals surface area contributed by atoms with Crippen molar-refractivity contribution in [3.05, 3.63) is 23.3 Å². The second kappa shape index (κ2) is 5.52. The normalized spacial score (nSPS) is 21.7. The van der Waals surface area contributed by atoms with Crippen LogP contribution in [0.5, 0.6) is 0 Å². The van der Waals surface area contributed by atoms with E-state index in [1.807, 2.05) is 13.0 Å². The summed E-state index contributed by atoms with van der Waals surface area (Å²) in [6, 6.07) is 0. The topological polar surface area (TPSA) is 26.3 Å². The van der Waals surface area contributed by atoms with Gasteiger partial charge in [0.1, 0.15) is 6.10 Å². The maximum Gasteiger partial charge on any atom is 0.303 e. The van der Waals surface area contributed by atoms with Crippen molar-refractivity contribution in [2.75, 3.05) is 0 Å². The lowest BCUT2D eigenvalue weighted by Crippen LogP contribution is -2.19. The van der Waals surface area contributed by atoms with Gasteiger partial charge in [0.15, 0.2) is 0 Å². The molecule has 0 radical (unpaired) electrons. The van der Waals surface area contributed by atoms with Crippen LogP contribution < -0.4 is 0 Å². The Morgan fingerprint density at radius 3 is 2.65 bits per heavy atom. The molecule has 0 bridgehead atoms. The van der Waals surface area contributed by atoms with Gasteiger partial charge < -0.3 is 4.74 Å². The fourth-order valence-corrected chi connectivity index (χ4v) is 2.54. The van der Waals surface area contributed by atoms with Gasteiger partial charge in [0.05, 0.1) is 0 Å². The molecule has 1 aliphatic rings. The fourth-order valence-electron chi connectivity index (χ4n) is 2.54. The smallest absolute Gasteiger partial charge is 0.303 e. The summed E-state index contributed by atoms with van der Waals surface area (Å²) in [5.74, 6) is -0.226. The first-order valence-electron chi connectivity index (χ1n) is 6.38. The molecule has 0 N–H and O–H groups in total. The predicted molar refractivity (Wildman–Crippen MR) is 70.7 cm³/mol. The molecule has 0 aromatic heterocycles. The third-order valence-electron chi connectivity index (χ3n) is 3.43. The minimum absolute atomic E-state index is 0.148. The standard InChI is InChI=1S/C15H24O2/c1-11-7-6-10-15(4,5)14(11)9-8-12(2)17-13(3)16/h8-9,12H,6-7,10H2,1-5H3/b9-8+. The van der Waals surface area contributed by atoms with Crippen LogP contribution >= 0.6 is 0 Å². The molecule has 17 heavy (non-hydrogen) atoms. The molecule has 0 spiro atoms. The van der Waals surface area contributed by atoms with Crippen molar-refractivity contribution in [1.82, 2.24) is 0 Å². The molecule has 0 aliphatic heterocycles. The van der Waals surface area contributed by atoms with E-state index in [9.17, 15) is 4.79 Å². The van der Waals surface area contributed by atoms with E-state index in [0.717, 1.165) is 0 Å². The zero-order valence-corrected chi connectivity index (χ0v) is 11.7. The highest BCUT2D eigenvalue weighted by atomic mass is 16.5. The highest BCUT2D eigenvalue weighted by Crippen LogP contribution is 2.40. The van der Waals surface area contributed by atoms with Gasteiger partial charge in [0.2, 0.25) is 0 Å². The van der Waals surface area contributed by atoms with Crippen LogP contribution in [0.25, 0.3) is 0 Å². The van der Waals surface area contributed by atoms with E-state index in [2.05, 4.69) is 26.8 Å². The summed E-state index contributed by atoms with van der Waals surface area (Å²) in [4.78, 5) is 10.8. The Morgan fingerprint density at radius 2 is 2.12 bits per heavy atom. The Labute approximate surface area is 105 Å². The van der Waals surface area contributed by atoms with Gasteiger partial charge in [-0.15, -0.1) is 0 Å². The molecule has 0 fully saturated rings. The number of rotatable bonds is 3. The SMILES string of the molecule is CC(=O)OC(C)/C=C/C1=C(C)CCCC1(C)C. The van der Waals surface area contributed by atoms with E-state index in [1.165, 1.54) is 37.3 Å². The van der Waals surface area contributed by atoms with Gasteiger partial charge >= 0.3 is 5.97 Å². The fraction of sp³-hybridized carbons (Fsp3) is 0.667. The minimum Gasteiger partial charge on any atom is -0.459 e. The van der Waals surface area contributed by atoms with Gasteiger partial charge in [0, 0.05) is 6.92 Å². The maximum absolute atomic E-state index is 10.8. The van der Waals surface area contributed by atoms with Crippen LogP contribution in [0.4, 0.5) is 0 Å². The summed E-state index contributed by atoms with van der Waals surface area (Å²) in [5.41, 5.74) is 3.12. The van der Waals surface area contributed by atoms with Crippen molar-refractivity contribution < 1.29 is 9.53 Å². The zero-order valence-electron chi connectivity index (χ0n) is 11.7. The van der Waals surface area contributed by atoms with Gasteiger partial charge in [-0.1, -0.05) is 25.5 Å². The van der Waals surface area contributed by atoms with Crippen molar-refractivity contribution in [3.8, 4) is 0 Å². The summed E-state index contributed by atoms with van der Waals surface area (Å²) >= 11 is 0. The van der Waals surface area contributed by atoms with Gasteiger partial charge in [0.25, 0.3) is 0 Å². The number of hydrogen-bond donors (Lipinski definition) is 0. The molecule has 1 aliphatic carbocycles. The maximum atomic E-state index is 10.8. The van der Waals surface area contributed by atoms with E-state index >= 15 is 0 Å². The Morgan fingerprint density at radius 1 is 1.47 bits per heavy atom. The lowest BCUT2D eigenvalue weighted by molar-refractivity contribution is -0.143. The molecule has 0 heterocycles. The summed E-state index contributed by atoms with van der Waals surface area (Å²) < 4.78 is 5.10. The van der Waals surface area contributed by atoms with Crippen molar-refractivity contribution >= 4 is 5.97 Å².